The number of hydrogen-bond donors (Lipinski definition) is 4. The van der Waals surface area contributed by atoms with E-state index in [1.807, 2.05) is 12.1 Å². The monoisotopic (exact) mass is 368 g/mol. The number of rotatable bonds is 5. The van der Waals surface area contributed by atoms with Gasteiger partial charge in [0.1, 0.15) is 6.10 Å². The smallest absolute Gasteiger partial charge is 0.107 e. The van der Waals surface area contributed by atoms with Crippen molar-refractivity contribution in [2.24, 2.45) is 5.92 Å². The van der Waals surface area contributed by atoms with Gasteiger partial charge in [-0.2, -0.15) is 0 Å². The highest BCUT2D eigenvalue weighted by atomic mass is 16.4. The SMILES string of the molecule is OC[C@H]1C[C@@H](c2cccc(Cc3ccc(C4CC4)cc3)c2)[C@H](O)[C@@H](O)[C@@H]1O. The van der Waals surface area contributed by atoms with E-state index in [0.717, 1.165) is 23.5 Å². The second-order valence-electron chi connectivity index (χ2n) is 8.19. The quantitative estimate of drug-likeness (QED) is 0.653. The Hall–Kier alpha value is -1.72. The summed E-state index contributed by atoms with van der Waals surface area (Å²) in [6.45, 7) is -0.200. The number of hydrogen-bond acceptors (Lipinski definition) is 4. The Morgan fingerprint density at radius 3 is 2.19 bits per heavy atom. The third-order valence-electron chi connectivity index (χ3n) is 6.20. The molecule has 2 aromatic rings. The first-order chi connectivity index (χ1) is 13.1. The molecule has 4 heteroatoms. The molecule has 0 unspecified atom stereocenters. The van der Waals surface area contributed by atoms with Gasteiger partial charge in [0.2, 0.25) is 0 Å². The van der Waals surface area contributed by atoms with Crippen molar-refractivity contribution >= 4 is 0 Å². The Kier molecular flexibility index (Phi) is 5.33. The van der Waals surface area contributed by atoms with E-state index in [2.05, 4.69) is 36.4 Å². The van der Waals surface area contributed by atoms with Crippen LogP contribution in [0.3, 0.4) is 0 Å². The van der Waals surface area contributed by atoms with E-state index >= 15 is 0 Å². The molecule has 2 fully saturated rings. The van der Waals surface area contributed by atoms with Gasteiger partial charge in [0.25, 0.3) is 0 Å². The minimum atomic E-state index is -1.24. The van der Waals surface area contributed by atoms with Gasteiger partial charge in [-0.1, -0.05) is 48.5 Å². The molecule has 2 aliphatic carbocycles. The molecule has 5 atom stereocenters. The lowest BCUT2D eigenvalue weighted by atomic mass is 9.73. The molecule has 0 heterocycles. The van der Waals surface area contributed by atoms with Crippen molar-refractivity contribution in [1.82, 2.24) is 0 Å². The average Bonchev–Trinajstić information content (AvgIpc) is 3.53. The van der Waals surface area contributed by atoms with Crippen LogP contribution in [-0.4, -0.2) is 45.3 Å². The highest BCUT2D eigenvalue weighted by Gasteiger charge is 2.42. The van der Waals surface area contributed by atoms with Gasteiger partial charge in [-0.05, 0) is 53.9 Å². The van der Waals surface area contributed by atoms with Gasteiger partial charge in [0.15, 0.2) is 0 Å². The molecule has 0 spiro atoms. The lowest BCUT2D eigenvalue weighted by Crippen LogP contribution is -2.51. The van der Waals surface area contributed by atoms with Crippen molar-refractivity contribution < 1.29 is 20.4 Å². The Labute approximate surface area is 160 Å². The molecular weight excluding hydrogens is 340 g/mol. The van der Waals surface area contributed by atoms with Gasteiger partial charge in [-0.3, -0.25) is 0 Å². The third kappa shape index (κ3) is 3.94. The van der Waals surface area contributed by atoms with Gasteiger partial charge in [-0.25, -0.2) is 0 Å². The zero-order valence-electron chi connectivity index (χ0n) is 15.4. The topological polar surface area (TPSA) is 80.9 Å². The van der Waals surface area contributed by atoms with E-state index in [-0.39, 0.29) is 12.5 Å². The van der Waals surface area contributed by atoms with Crippen molar-refractivity contribution in [1.29, 1.82) is 0 Å². The fourth-order valence-corrected chi connectivity index (χ4v) is 4.33. The molecule has 2 aliphatic rings. The molecule has 0 aliphatic heterocycles. The molecule has 0 aromatic heterocycles. The second-order valence-corrected chi connectivity index (χ2v) is 8.19. The van der Waals surface area contributed by atoms with Gasteiger partial charge in [0.05, 0.1) is 12.2 Å². The molecule has 0 amide bonds. The van der Waals surface area contributed by atoms with Crippen molar-refractivity contribution in [3.63, 3.8) is 0 Å². The zero-order chi connectivity index (χ0) is 19.0. The molecule has 4 rings (SSSR count). The van der Waals surface area contributed by atoms with E-state index in [9.17, 15) is 20.4 Å². The Bertz CT molecular complexity index is 766. The molecule has 0 saturated heterocycles. The first-order valence-electron chi connectivity index (χ1n) is 9.89. The predicted octanol–water partition coefficient (Wildman–Crippen LogP) is 2.33. The molecule has 2 saturated carbocycles. The van der Waals surface area contributed by atoms with E-state index in [0.29, 0.717) is 6.42 Å². The predicted molar refractivity (Wildman–Crippen MR) is 104 cm³/mol. The summed E-state index contributed by atoms with van der Waals surface area (Å²) in [5.74, 6) is 0.0428. The van der Waals surface area contributed by atoms with Gasteiger partial charge in [0, 0.05) is 18.4 Å². The van der Waals surface area contributed by atoms with Crippen LogP contribution in [0.2, 0.25) is 0 Å². The van der Waals surface area contributed by atoms with Crippen molar-refractivity contribution in [2.45, 2.75) is 55.8 Å². The first kappa shape index (κ1) is 18.6. The lowest BCUT2D eigenvalue weighted by molar-refractivity contribution is -0.127. The summed E-state index contributed by atoms with van der Waals surface area (Å²) >= 11 is 0. The third-order valence-corrected chi connectivity index (χ3v) is 6.20. The van der Waals surface area contributed by atoms with Crippen LogP contribution in [-0.2, 0) is 6.42 Å². The van der Waals surface area contributed by atoms with Gasteiger partial charge in [-0.15, -0.1) is 0 Å². The fraction of sp³-hybridized carbons (Fsp3) is 0.478. The van der Waals surface area contributed by atoms with Crippen molar-refractivity contribution in [2.75, 3.05) is 6.61 Å². The van der Waals surface area contributed by atoms with Crippen LogP contribution in [0, 0.1) is 5.92 Å². The molecule has 27 heavy (non-hydrogen) atoms. The van der Waals surface area contributed by atoms with Gasteiger partial charge < -0.3 is 20.4 Å². The Morgan fingerprint density at radius 2 is 1.52 bits per heavy atom. The second kappa shape index (κ2) is 7.72. The number of aliphatic hydroxyl groups excluding tert-OH is 4. The fourth-order valence-electron chi connectivity index (χ4n) is 4.33. The van der Waals surface area contributed by atoms with Crippen LogP contribution in [0.5, 0.6) is 0 Å². The van der Waals surface area contributed by atoms with Crippen LogP contribution in [0.4, 0.5) is 0 Å². The molecule has 2 aromatic carbocycles. The summed E-state index contributed by atoms with van der Waals surface area (Å²) in [4.78, 5) is 0. The summed E-state index contributed by atoms with van der Waals surface area (Å²) in [6, 6.07) is 16.9. The maximum atomic E-state index is 10.5. The van der Waals surface area contributed by atoms with E-state index in [4.69, 9.17) is 0 Å². The zero-order valence-corrected chi connectivity index (χ0v) is 15.4. The molecule has 0 bridgehead atoms. The first-order valence-corrected chi connectivity index (χ1v) is 9.89. The summed E-state index contributed by atoms with van der Waals surface area (Å²) in [6.07, 6.45) is 0.525. The standard InChI is InChI=1S/C23H28O4/c24-13-19-12-20(22(26)23(27)21(19)25)18-3-1-2-15(11-18)10-14-4-6-16(7-5-14)17-8-9-17/h1-7,11,17,19-27H,8-10,12-13H2/t19-,20+,21-,22+,23+/m1/s1. The van der Waals surface area contributed by atoms with Crippen LogP contribution in [0.1, 0.15) is 53.4 Å². The van der Waals surface area contributed by atoms with Crippen LogP contribution in [0.25, 0.3) is 0 Å². The van der Waals surface area contributed by atoms with E-state index in [1.165, 1.54) is 24.0 Å². The normalized spacial score (nSPS) is 31.0. The van der Waals surface area contributed by atoms with Gasteiger partial charge >= 0.3 is 0 Å². The summed E-state index contributed by atoms with van der Waals surface area (Å²) < 4.78 is 0. The minimum absolute atomic E-state index is 0.200. The largest absolute Gasteiger partial charge is 0.396 e. The van der Waals surface area contributed by atoms with Crippen molar-refractivity contribution in [3.8, 4) is 0 Å². The minimum Gasteiger partial charge on any atom is -0.396 e. The highest BCUT2D eigenvalue weighted by molar-refractivity contribution is 5.34. The van der Waals surface area contributed by atoms with E-state index < -0.39 is 24.2 Å². The Balaban J connectivity index is 1.51. The molecule has 4 N–H and O–H groups in total. The summed E-state index contributed by atoms with van der Waals surface area (Å²) in [5.41, 5.74) is 4.78. The summed E-state index contributed by atoms with van der Waals surface area (Å²) in [5, 5.41) is 40.1. The van der Waals surface area contributed by atoms with Crippen LogP contribution < -0.4 is 0 Å². The lowest BCUT2D eigenvalue weighted by Gasteiger charge is -2.40. The summed E-state index contributed by atoms with van der Waals surface area (Å²) in [7, 11) is 0. The highest BCUT2D eigenvalue weighted by Crippen LogP contribution is 2.40. The molecule has 4 nitrogen and oxygen atoms in total. The van der Waals surface area contributed by atoms with E-state index in [1.54, 1.807) is 0 Å². The Morgan fingerprint density at radius 1 is 0.778 bits per heavy atom. The number of aliphatic hydroxyl groups is 4. The average molecular weight is 368 g/mol. The number of benzene rings is 2. The molecule has 0 radical (unpaired) electrons. The van der Waals surface area contributed by atoms with Crippen molar-refractivity contribution in [3.05, 3.63) is 70.8 Å². The van der Waals surface area contributed by atoms with Crippen LogP contribution in [0.15, 0.2) is 48.5 Å². The maximum Gasteiger partial charge on any atom is 0.107 e. The molecular formula is C23H28O4. The van der Waals surface area contributed by atoms with Crippen LogP contribution >= 0.6 is 0 Å². The molecule has 144 valence electrons. The maximum absolute atomic E-state index is 10.5.